The Bertz CT molecular complexity index is 806. The largest absolute Gasteiger partial charge is 0.347 e. The molecule has 0 aliphatic heterocycles. The minimum absolute atomic E-state index is 0.252. The molecule has 0 aliphatic carbocycles. The summed E-state index contributed by atoms with van der Waals surface area (Å²) in [5.74, 6) is -0.252. The number of hydrogen-bond acceptors (Lipinski definition) is 5. The van der Waals surface area contributed by atoms with Crippen LogP contribution in [0, 0.1) is 6.92 Å². The molecule has 0 fully saturated rings. The molecular weight excluding hydrogens is 290 g/mol. The van der Waals surface area contributed by atoms with E-state index in [1.807, 2.05) is 24.3 Å². The Labute approximate surface area is 133 Å². The van der Waals surface area contributed by atoms with Crippen LogP contribution in [-0.2, 0) is 6.54 Å². The monoisotopic (exact) mass is 305 g/mol. The fraction of sp³-hybridized carbons (Fsp3) is 0.118. The lowest BCUT2D eigenvalue weighted by atomic mass is 10.2. The van der Waals surface area contributed by atoms with Crippen LogP contribution in [0.15, 0.2) is 55.2 Å². The Balaban J connectivity index is 1.80. The number of hydrogen-bond donors (Lipinski definition) is 1. The molecule has 3 rings (SSSR count). The van der Waals surface area contributed by atoms with Crippen molar-refractivity contribution >= 4 is 5.91 Å². The van der Waals surface area contributed by atoms with Crippen LogP contribution < -0.4 is 5.32 Å². The van der Waals surface area contributed by atoms with Gasteiger partial charge in [0.05, 0.1) is 17.6 Å². The Morgan fingerprint density at radius 3 is 2.65 bits per heavy atom. The SMILES string of the molecule is Cc1ncc(-c2cccnc2)nc1C(=O)NCc1ccncc1. The number of nitrogens with zero attached hydrogens (tertiary/aromatic N) is 4. The molecule has 0 saturated carbocycles. The van der Waals surface area contributed by atoms with Gasteiger partial charge in [-0.15, -0.1) is 0 Å². The van der Waals surface area contributed by atoms with E-state index in [4.69, 9.17) is 0 Å². The molecule has 23 heavy (non-hydrogen) atoms. The maximum Gasteiger partial charge on any atom is 0.272 e. The summed E-state index contributed by atoms with van der Waals surface area (Å²) in [5.41, 5.74) is 3.33. The van der Waals surface area contributed by atoms with Crippen LogP contribution in [-0.4, -0.2) is 25.8 Å². The van der Waals surface area contributed by atoms with Gasteiger partial charge >= 0.3 is 0 Å². The van der Waals surface area contributed by atoms with E-state index in [9.17, 15) is 4.79 Å². The first-order chi connectivity index (χ1) is 11.2. The number of nitrogens with one attached hydrogen (secondary N) is 1. The number of aryl methyl sites for hydroxylation is 1. The molecule has 0 atom stereocenters. The summed E-state index contributed by atoms with van der Waals surface area (Å²) >= 11 is 0. The van der Waals surface area contributed by atoms with Gasteiger partial charge in [-0.05, 0) is 36.8 Å². The van der Waals surface area contributed by atoms with Crippen molar-refractivity contribution in [3.8, 4) is 11.3 Å². The van der Waals surface area contributed by atoms with Crippen LogP contribution in [0.1, 0.15) is 21.7 Å². The van der Waals surface area contributed by atoms with E-state index < -0.39 is 0 Å². The predicted octanol–water partition coefficient (Wildman–Crippen LogP) is 2.17. The van der Waals surface area contributed by atoms with Gasteiger partial charge in [-0.25, -0.2) is 4.98 Å². The highest BCUT2D eigenvalue weighted by Gasteiger charge is 2.13. The molecule has 0 radical (unpaired) electrons. The molecule has 3 heterocycles. The van der Waals surface area contributed by atoms with Crippen molar-refractivity contribution in [2.45, 2.75) is 13.5 Å². The number of amides is 1. The van der Waals surface area contributed by atoms with Crippen molar-refractivity contribution in [3.05, 3.63) is 72.2 Å². The van der Waals surface area contributed by atoms with Gasteiger partial charge in [0.15, 0.2) is 0 Å². The minimum atomic E-state index is -0.252. The van der Waals surface area contributed by atoms with E-state index in [1.54, 1.807) is 37.9 Å². The van der Waals surface area contributed by atoms with E-state index in [0.29, 0.717) is 23.6 Å². The molecular formula is C17H15N5O. The molecule has 1 amide bonds. The Morgan fingerprint density at radius 2 is 1.91 bits per heavy atom. The Hall–Kier alpha value is -3.15. The van der Waals surface area contributed by atoms with E-state index in [2.05, 4.69) is 25.3 Å². The first-order valence-corrected chi connectivity index (χ1v) is 7.15. The summed E-state index contributed by atoms with van der Waals surface area (Å²) in [6, 6.07) is 7.40. The van der Waals surface area contributed by atoms with Gasteiger partial charge in [0.1, 0.15) is 5.69 Å². The molecule has 3 aromatic rings. The van der Waals surface area contributed by atoms with Crippen LogP contribution >= 0.6 is 0 Å². The second-order valence-corrected chi connectivity index (χ2v) is 4.97. The summed E-state index contributed by atoms with van der Waals surface area (Å²) in [5, 5.41) is 2.85. The highest BCUT2D eigenvalue weighted by atomic mass is 16.1. The molecule has 3 aromatic heterocycles. The number of pyridine rings is 2. The van der Waals surface area contributed by atoms with Crippen LogP contribution in [0.3, 0.4) is 0 Å². The van der Waals surface area contributed by atoms with Crippen molar-refractivity contribution in [2.24, 2.45) is 0 Å². The fourth-order valence-corrected chi connectivity index (χ4v) is 2.08. The lowest BCUT2D eigenvalue weighted by Crippen LogP contribution is -2.25. The van der Waals surface area contributed by atoms with Crippen molar-refractivity contribution in [2.75, 3.05) is 0 Å². The van der Waals surface area contributed by atoms with Gasteiger partial charge in [0, 0.05) is 36.9 Å². The van der Waals surface area contributed by atoms with Crippen LogP contribution in [0.25, 0.3) is 11.3 Å². The topological polar surface area (TPSA) is 80.7 Å². The van der Waals surface area contributed by atoms with Crippen LogP contribution in [0.4, 0.5) is 0 Å². The van der Waals surface area contributed by atoms with Crippen molar-refractivity contribution < 1.29 is 4.79 Å². The summed E-state index contributed by atoms with van der Waals surface area (Å²) < 4.78 is 0. The van der Waals surface area contributed by atoms with E-state index in [0.717, 1.165) is 11.1 Å². The first-order valence-electron chi connectivity index (χ1n) is 7.15. The second kappa shape index (κ2) is 6.74. The quantitative estimate of drug-likeness (QED) is 0.799. The predicted molar refractivity (Wildman–Crippen MR) is 85.4 cm³/mol. The number of aromatic nitrogens is 4. The summed E-state index contributed by atoms with van der Waals surface area (Å²) in [7, 11) is 0. The van der Waals surface area contributed by atoms with E-state index >= 15 is 0 Å². The zero-order chi connectivity index (χ0) is 16.1. The zero-order valence-corrected chi connectivity index (χ0v) is 12.6. The van der Waals surface area contributed by atoms with Gasteiger partial charge in [0.2, 0.25) is 0 Å². The molecule has 6 nitrogen and oxygen atoms in total. The van der Waals surface area contributed by atoms with Gasteiger partial charge in [0.25, 0.3) is 5.91 Å². The van der Waals surface area contributed by atoms with Crippen LogP contribution in [0.5, 0.6) is 0 Å². The number of rotatable bonds is 4. The molecule has 0 saturated heterocycles. The highest BCUT2D eigenvalue weighted by Crippen LogP contribution is 2.16. The maximum absolute atomic E-state index is 12.4. The zero-order valence-electron chi connectivity index (χ0n) is 12.6. The molecule has 6 heteroatoms. The standard InChI is InChI=1S/C17H15N5O/c1-12-16(17(23)21-9-13-4-7-18-8-5-13)22-15(11-20-12)14-3-2-6-19-10-14/h2-8,10-11H,9H2,1H3,(H,21,23). The number of carbonyl (C=O) groups is 1. The molecule has 0 aliphatic rings. The molecule has 114 valence electrons. The molecule has 0 spiro atoms. The number of carbonyl (C=O) groups excluding carboxylic acids is 1. The average molecular weight is 305 g/mol. The molecule has 1 N–H and O–H groups in total. The molecule has 0 unspecified atom stereocenters. The normalized spacial score (nSPS) is 10.3. The smallest absolute Gasteiger partial charge is 0.272 e. The van der Waals surface area contributed by atoms with Crippen molar-refractivity contribution in [3.63, 3.8) is 0 Å². The Kier molecular flexibility index (Phi) is 4.33. The Morgan fingerprint density at radius 1 is 1.09 bits per heavy atom. The van der Waals surface area contributed by atoms with Gasteiger partial charge in [-0.2, -0.15) is 0 Å². The van der Waals surface area contributed by atoms with Gasteiger partial charge in [-0.1, -0.05) is 0 Å². The van der Waals surface area contributed by atoms with E-state index in [1.165, 1.54) is 0 Å². The third kappa shape index (κ3) is 3.55. The van der Waals surface area contributed by atoms with Gasteiger partial charge < -0.3 is 5.32 Å². The maximum atomic E-state index is 12.4. The third-order valence-corrected chi connectivity index (χ3v) is 3.33. The fourth-order valence-electron chi connectivity index (χ4n) is 2.08. The lowest BCUT2D eigenvalue weighted by Gasteiger charge is -2.08. The lowest BCUT2D eigenvalue weighted by molar-refractivity contribution is 0.0945. The summed E-state index contributed by atoms with van der Waals surface area (Å²) in [4.78, 5) is 29.1. The van der Waals surface area contributed by atoms with Crippen LogP contribution in [0.2, 0.25) is 0 Å². The third-order valence-electron chi connectivity index (χ3n) is 3.33. The highest BCUT2D eigenvalue weighted by molar-refractivity contribution is 5.93. The van der Waals surface area contributed by atoms with Crippen molar-refractivity contribution in [1.82, 2.24) is 25.3 Å². The second-order valence-electron chi connectivity index (χ2n) is 4.97. The first kappa shape index (κ1) is 14.8. The summed E-state index contributed by atoms with van der Waals surface area (Å²) in [6.45, 7) is 2.18. The van der Waals surface area contributed by atoms with Gasteiger partial charge in [-0.3, -0.25) is 19.7 Å². The average Bonchev–Trinajstić information content (AvgIpc) is 2.62. The molecule has 0 bridgehead atoms. The minimum Gasteiger partial charge on any atom is -0.347 e. The van der Waals surface area contributed by atoms with E-state index in [-0.39, 0.29) is 5.91 Å². The summed E-state index contributed by atoms with van der Waals surface area (Å²) in [6.07, 6.45) is 8.41. The van der Waals surface area contributed by atoms with Crippen molar-refractivity contribution in [1.29, 1.82) is 0 Å². The molecule has 0 aromatic carbocycles.